The number of amides is 1. The molecule has 112 valence electrons. The summed E-state index contributed by atoms with van der Waals surface area (Å²) in [6, 6.07) is 7.26. The average molecular weight is 280 g/mol. The van der Waals surface area contributed by atoms with Crippen molar-refractivity contribution in [2.24, 2.45) is 0 Å². The average Bonchev–Trinajstić information content (AvgIpc) is 2.45. The minimum absolute atomic E-state index is 0.360. The molecule has 0 fully saturated rings. The fourth-order valence-corrected chi connectivity index (χ4v) is 1.75. The number of hydrogen-bond acceptors (Lipinski definition) is 4. The van der Waals surface area contributed by atoms with Crippen molar-refractivity contribution in [1.29, 1.82) is 0 Å². The Hall–Kier alpha value is -1.75. The first-order chi connectivity index (χ1) is 9.69. The van der Waals surface area contributed by atoms with Crippen LogP contribution in [0.3, 0.4) is 0 Å². The fraction of sp³-hybridized carbons (Fsp3) is 0.533. The molecule has 20 heavy (non-hydrogen) atoms. The van der Waals surface area contributed by atoms with Crippen molar-refractivity contribution in [3.63, 3.8) is 0 Å². The van der Waals surface area contributed by atoms with E-state index in [1.807, 2.05) is 12.1 Å². The molecule has 0 bridgehead atoms. The Bertz CT molecular complexity index is 389. The second-order valence-electron chi connectivity index (χ2n) is 4.25. The maximum atomic E-state index is 11.2. The number of hydrogen-bond donors (Lipinski definition) is 1. The number of carbonyl (C=O) groups is 1. The van der Waals surface area contributed by atoms with Gasteiger partial charge >= 0.3 is 6.09 Å². The summed E-state index contributed by atoms with van der Waals surface area (Å²) in [5, 5.41) is 2.64. The Morgan fingerprint density at radius 1 is 1.15 bits per heavy atom. The third kappa shape index (κ3) is 5.93. The summed E-state index contributed by atoms with van der Waals surface area (Å²) < 4.78 is 10.5. The van der Waals surface area contributed by atoms with Crippen molar-refractivity contribution < 1.29 is 14.3 Å². The standard InChI is InChI=1S/C15H24N2O3/c1-4-17(5-2)11-12-20-14-9-7-13(8-10-14)16-15(18)19-6-3/h7-10H,4-6,11-12H2,1-3H3,(H,16,18). The Labute approximate surface area is 120 Å². The van der Waals surface area contributed by atoms with Crippen LogP contribution in [-0.4, -0.2) is 43.8 Å². The molecule has 0 heterocycles. The van der Waals surface area contributed by atoms with Gasteiger partial charge in [-0.3, -0.25) is 5.32 Å². The van der Waals surface area contributed by atoms with E-state index in [2.05, 4.69) is 24.1 Å². The maximum Gasteiger partial charge on any atom is 0.411 e. The van der Waals surface area contributed by atoms with Gasteiger partial charge in [-0.2, -0.15) is 0 Å². The molecule has 0 saturated heterocycles. The lowest BCUT2D eigenvalue weighted by Gasteiger charge is -2.18. The molecule has 0 aliphatic rings. The number of rotatable bonds is 8. The zero-order valence-electron chi connectivity index (χ0n) is 12.5. The second-order valence-corrected chi connectivity index (χ2v) is 4.25. The largest absolute Gasteiger partial charge is 0.492 e. The van der Waals surface area contributed by atoms with Gasteiger partial charge in [-0.1, -0.05) is 13.8 Å². The van der Waals surface area contributed by atoms with Crippen LogP contribution < -0.4 is 10.1 Å². The summed E-state index contributed by atoms with van der Waals surface area (Å²) in [6.45, 7) is 10.0. The third-order valence-corrected chi connectivity index (χ3v) is 2.95. The molecule has 0 aromatic heterocycles. The van der Waals surface area contributed by atoms with Gasteiger partial charge in [-0.25, -0.2) is 4.79 Å². The van der Waals surface area contributed by atoms with E-state index in [0.717, 1.165) is 25.4 Å². The van der Waals surface area contributed by atoms with Crippen LogP contribution in [0.1, 0.15) is 20.8 Å². The Balaban J connectivity index is 2.37. The van der Waals surface area contributed by atoms with E-state index >= 15 is 0 Å². The van der Waals surface area contributed by atoms with Crippen LogP contribution in [0.2, 0.25) is 0 Å². The van der Waals surface area contributed by atoms with E-state index in [0.29, 0.717) is 18.9 Å². The molecule has 5 nitrogen and oxygen atoms in total. The van der Waals surface area contributed by atoms with Crippen molar-refractivity contribution in [2.45, 2.75) is 20.8 Å². The Kier molecular flexibility index (Phi) is 7.50. The van der Waals surface area contributed by atoms with Gasteiger partial charge in [0.2, 0.25) is 0 Å². The highest BCUT2D eigenvalue weighted by Gasteiger charge is 2.03. The topological polar surface area (TPSA) is 50.8 Å². The van der Waals surface area contributed by atoms with Crippen molar-refractivity contribution in [3.8, 4) is 5.75 Å². The summed E-state index contributed by atoms with van der Waals surface area (Å²) in [5.41, 5.74) is 0.694. The molecular formula is C15H24N2O3. The summed E-state index contributed by atoms with van der Waals surface area (Å²) in [4.78, 5) is 13.5. The minimum Gasteiger partial charge on any atom is -0.492 e. The smallest absolute Gasteiger partial charge is 0.411 e. The SMILES string of the molecule is CCOC(=O)Nc1ccc(OCCN(CC)CC)cc1. The van der Waals surface area contributed by atoms with Crippen molar-refractivity contribution in [1.82, 2.24) is 4.90 Å². The van der Waals surface area contributed by atoms with Gasteiger partial charge in [-0.05, 0) is 44.3 Å². The van der Waals surface area contributed by atoms with Crippen LogP contribution in [0.4, 0.5) is 10.5 Å². The highest BCUT2D eigenvalue weighted by Crippen LogP contribution is 2.15. The molecule has 1 amide bonds. The Morgan fingerprint density at radius 3 is 2.35 bits per heavy atom. The molecule has 1 rings (SSSR count). The van der Waals surface area contributed by atoms with E-state index in [1.54, 1.807) is 19.1 Å². The predicted octanol–water partition coefficient (Wildman–Crippen LogP) is 2.98. The molecule has 0 aliphatic heterocycles. The molecular weight excluding hydrogens is 256 g/mol. The number of anilines is 1. The highest BCUT2D eigenvalue weighted by molar-refractivity contribution is 5.84. The number of likely N-dealkylation sites (N-methyl/N-ethyl adjacent to an activating group) is 1. The molecule has 0 atom stereocenters. The predicted molar refractivity (Wildman–Crippen MR) is 80.4 cm³/mol. The van der Waals surface area contributed by atoms with E-state index in [1.165, 1.54) is 0 Å². The quantitative estimate of drug-likeness (QED) is 0.795. The van der Waals surface area contributed by atoms with E-state index in [9.17, 15) is 4.79 Å². The number of nitrogens with zero attached hydrogens (tertiary/aromatic N) is 1. The van der Waals surface area contributed by atoms with Gasteiger partial charge in [0.25, 0.3) is 0 Å². The van der Waals surface area contributed by atoms with Crippen LogP contribution >= 0.6 is 0 Å². The van der Waals surface area contributed by atoms with E-state index in [-0.39, 0.29) is 0 Å². The summed E-state index contributed by atoms with van der Waals surface area (Å²) in [6.07, 6.45) is -0.442. The summed E-state index contributed by atoms with van der Waals surface area (Å²) >= 11 is 0. The van der Waals surface area contributed by atoms with Gasteiger partial charge in [0.05, 0.1) is 6.61 Å². The maximum absolute atomic E-state index is 11.2. The fourth-order valence-electron chi connectivity index (χ4n) is 1.75. The van der Waals surface area contributed by atoms with Crippen LogP contribution in [0.5, 0.6) is 5.75 Å². The van der Waals surface area contributed by atoms with E-state index in [4.69, 9.17) is 9.47 Å². The lowest BCUT2D eigenvalue weighted by molar-refractivity contribution is 0.168. The zero-order chi connectivity index (χ0) is 14.8. The van der Waals surface area contributed by atoms with Crippen LogP contribution in [-0.2, 0) is 4.74 Å². The summed E-state index contributed by atoms with van der Waals surface area (Å²) in [5.74, 6) is 0.798. The molecule has 1 N–H and O–H groups in total. The van der Waals surface area contributed by atoms with Crippen molar-refractivity contribution in [3.05, 3.63) is 24.3 Å². The molecule has 0 aliphatic carbocycles. The van der Waals surface area contributed by atoms with E-state index < -0.39 is 6.09 Å². The molecule has 5 heteroatoms. The first-order valence-electron chi connectivity index (χ1n) is 7.08. The van der Waals surface area contributed by atoms with Crippen LogP contribution in [0.15, 0.2) is 24.3 Å². The molecule has 0 spiro atoms. The minimum atomic E-state index is -0.442. The molecule has 0 radical (unpaired) electrons. The lowest BCUT2D eigenvalue weighted by Crippen LogP contribution is -2.27. The molecule has 0 saturated carbocycles. The normalized spacial score (nSPS) is 10.4. The lowest BCUT2D eigenvalue weighted by atomic mass is 10.3. The zero-order valence-corrected chi connectivity index (χ0v) is 12.5. The molecule has 1 aromatic carbocycles. The Morgan fingerprint density at radius 2 is 1.80 bits per heavy atom. The summed E-state index contributed by atoms with van der Waals surface area (Å²) in [7, 11) is 0. The van der Waals surface area contributed by atoms with Crippen LogP contribution in [0, 0.1) is 0 Å². The highest BCUT2D eigenvalue weighted by atomic mass is 16.5. The monoisotopic (exact) mass is 280 g/mol. The van der Waals surface area contributed by atoms with Gasteiger partial charge in [0.1, 0.15) is 12.4 Å². The van der Waals surface area contributed by atoms with Gasteiger partial charge < -0.3 is 14.4 Å². The van der Waals surface area contributed by atoms with Gasteiger partial charge in [0, 0.05) is 12.2 Å². The first kappa shape index (κ1) is 16.3. The molecule has 1 aromatic rings. The third-order valence-electron chi connectivity index (χ3n) is 2.95. The first-order valence-corrected chi connectivity index (χ1v) is 7.08. The molecule has 0 unspecified atom stereocenters. The number of nitrogens with one attached hydrogen (secondary N) is 1. The van der Waals surface area contributed by atoms with Gasteiger partial charge in [0.15, 0.2) is 0 Å². The van der Waals surface area contributed by atoms with Crippen LogP contribution in [0.25, 0.3) is 0 Å². The second kappa shape index (κ2) is 9.20. The number of carbonyl (C=O) groups excluding carboxylic acids is 1. The van der Waals surface area contributed by atoms with Crippen molar-refractivity contribution >= 4 is 11.8 Å². The van der Waals surface area contributed by atoms with Crippen molar-refractivity contribution in [2.75, 3.05) is 38.2 Å². The van der Waals surface area contributed by atoms with Gasteiger partial charge in [-0.15, -0.1) is 0 Å². The number of ether oxygens (including phenoxy) is 2. The number of benzene rings is 1.